The first-order valence-corrected chi connectivity index (χ1v) is 12.1. The van der Waals surface area contributed by atoms with Crippen molar-refractivity contribution in [2.24, 2.45) is 11.7 Å². The van der Waals surface area contributed by atoms with Crippen LogP contribution in [-0.2, 0) is 30.4 Å². The highest BCUT2D eigenvalue weighted by Crippen LogP contribution is 2.19. The lowest BCUT2D eigenvalue weighted by Gasteiger charge is -2.25. The van der Waals surface area contributed by atoms with E-state index in [0.717, 1.165) is 10.9 Å². The van der Waals surface area contributed by atoms with Crippen molar-refractivity contribution in [1.29, 1.82) is 0 Å². The Balaban J connectivity index is 2.29. The number of para-hydroxylation sites is 1. The summed E-state index contributed by atoms with van der Waals surface area (Å²) < 4.78 is 0. The minimum absolute atomic E-state index is 0.0138. The van der Waals surface area contributed by atoms with Crippen LogP contribution in [0.3, 0.4) is 0 Å². The zero-order chi connectivity index (χ0) is 27.7. The third-order valence-electron chi connectivity index (χ3n) is 6.30. The van der Waals surface area contributed by atoms with Gasteiger partial charge < -0.3 is 36.9 Å². The van der Waals surface area contributed by atoms with Crippen molar-refractivity contribution in [2.75, 3.05) is 0 Å². The number of hydrogen-bond donors (Lipinski definition) is 7. The van der Waals surface area contributed by atoms with E-state index in [0.29, 0.717) is 12.0 Å². The minimum atomic E-state index is -1.27. The molecule has 5 unspecified atom stereocenters. The van der Waals surface area contributed by atoms with Gasteiger partial charge in [-0.25, -0.2) is 0 Å². The molecule has 0 saturated carbocycles. The van der Waals surface area contributed by atoms with Gasteiger partial charge in [0, 0.05) is 29.9 Å². The largest absolute Gasteiger partial charge is 0.481 e. The number of nitrogens with two attached hydrogens (primary N) is 1. The molecule has 202 valence electrons. The average Bonchev–Trinajstić information content (AvgIpc) is 3.27. The number of carbonyl (C=O) groups excluding carboxylic acids is 3. The molecule has 2 aromatic rings. The third kappa shape index (κ3) is 8.31. The Hall–Kier alpha value is -3.93. The van der Waals surface area contributed by atoms with Crippen molar-refractivity contribution < 1.29 is 34.2 Å². The number of amides is 3. The second-order valence-corrected chi connectivity index (χ2v) is 9.10. The van der Waals surface area contributed by atoms with Crippen molar-refractivity contribution in [3.63, 3.8) is 0 Å². The Bertz CT molecular complexity index is 1130. The summed E-state index contributed by atoms with van der Waals surface area (Å²) in [5.74, 6) is -4.74. The Labute approximate surface area is 214 Å². The predicted octanol–water partition coefficient (Wildman–Crippen LogP) is 0.508. The fraction of sp³-hybridized carbons (Fsp3) is 0.480. The topological polar surface area (TPSA) is 204 Å². The summed E-state index contributed by atoms with van der Waals surface area (Å²) in [6, 6.07) is 2.73. The number of nitrogens with one attached hydrogen (secondary N) is 4. The summed E-state index contributed by atoms with van der Waals surface area (Å²) in [4.78, 5) is 64.4. The lowest BCUT2D eigenvalue weighted by molar-refractivity contribution is -0.141. The van der Waals surface area contributed by atoms with Crippen LogP contribution in [0.5, 0.6) is 0 Å². The van der Waals surface area contributed by atoms with Gasteiger partial charge in [-0.3, -0.25) is 24.0 Å². The molecule has 0 aliphatic heterocycles. The minimum Gasteiger partial charge on any atom is -0.481 e. The Morgan fingerprint density at radius 2 is 1.57 bits per heavy atom. The number of rotatable bonds is 14. The maximum Gasteiger partial charge on any atom is 0.325 e. The molecule has 1 heterocycles. The first-order valence-electron chi connectivity index (χ1n) is 12.1. The summed E-state index contributed by atoms with van der Waals surface area (Å²) in [5.41, 5.74) is 7.48. The van der Waals surface area contributed by atoms with E-state index in [2.05, 4.69) is 20.9 Å². The number of carbonyl (C=O) groups is 5. The summed E-state index contributed by atoms with van der Waals surface area (Å²) >= 11 is 0. The lowest BCUT2D eigenvalue weighted by atomic mass is 9.98. The van der Waals surface area contributed by atoms with Gasteiger partial charge in [-0.2, -0.15) is 0 Å². The zero-order valence-corrected chi connectivity index (χ0v) is 21.1. The van der Waals surface area contributed by atoms with Gasteiger partial charge in [-0.1, -0.05) is 38.5 Å². The van der Waals surface area contributed by atoms with Gasteiger partial charge in [-0.15, -0.1) is 0 Å². The maximum atomic E-state index is 13.2. The number of aromatic amines is 1. The van der Waals surface area contributed by atoms with E-state index in [4.69, 9.17) is 10.8 Å². The maximum absolute atomic E-state index is 13.2. The van der Waals surface area contributed by atoms with E-state index in [1.165, 1.54) is 6.92 Å². The van der Waals surface area contributed by atoms with E-state index < -0.39 is 60.2 Å². The SMILES string of the molecule is CCC(C)C(N)C(=O)NC(CCC(=O)O)C(=O)NC(Cc1c[nH]c2ccccc12)C(=O)NC(C)C(=O)O. The standard InChI is InChI=1S/C25H35N5O7/c1-4-13(2)21(26)24(35)29-18(9-10-20(31)32)22(33)30-19(23(34)28-14(3)25(36)37)11-15-12-27-17-8-6-5-7-16(15)17/h5-8,12-14,18-19,21,27H,4,9-11,26H2,1-3H3,(H,28,34)(H,29,35)(H,30,33)(H,31,32)(H,36,37). The van der Waals surface area contributed by atoms with E-state index in [9.17, 15) is 29.1 Å². The second-order valence-electron chi connectivity index (χ2n) is 9.10. The molecule has 5 atom stereocenters. The smallest absolute Gasteiger partial charge is 0.325 e. The molecule has 0 fully saturated rings. The van der Waals surface area contributed by atoms with Crippen LogP contribution in [0.25, 0.3) is 10.9 Å². The summed E-state index contributed by atoms with van der Waals surface area (Å²) in [6.45, 7) is 4.93. The van der Waals surface area contributed by atoms with Crippen LogP contribution in [0.2, 0.25) is 0 Å². The molecule has 0 bridgehead atoms. The number of carboxylic acid groups (broad SMARTS) is 2. The van der Waals surface area contributed by atoms with E-state index in [1.54, 1.807) is 13.1 Å². The molecule has 8 N–H and O–H groups in total. The number of aliphatic carboxylic acids is 2. The number of fused-ring (bicyclic) bond motifs is 1. The molecule has 0 spiro atoms. The number of benzene rings is 1. The quantitative estimate of drug-likeness (QED) is 0.188. The van der Waals surface area contributed by atoms with Crippen molar-refractivity contribution in [3.05, 3.63) is 36.0 Å². The third-order valence-corrected chi connectivity index (χ3v) is 6.30. The fourth-order valence-corrected chi connectivity index (χ4v) is 3.69. The zero-order valence-electron chi connectivity index (χ0n) is 21.1. The predicted molar refractivity (Wildman–Crippen MR) is 135 cm³/mol. The van der Waals surface area contributed by atoms with Crippen molar-refractivity contribution in [2.45, 2.75) is 70.6 Å². The Kier molecular flexibility index (Phi) is 10.6. The molecule has 3 amide bonds. The normalized spacial score (nSPS) is 15.1. The molecule has 0 aliphatic carbocycles. The molecule has 0 saturated heterocycles. The van der Waals surface area contributed by atoms with Gasteiger partial charge in [0.25, 0.3) is 0 Å². The van der Waals surface area contributed by atoms with Crippen LogP contribution in [0.1, 0.15) is 45.6 Å². The molecule has 1 aromatic heterocycles. The number of carboxylic acids is 2. The van der Waals surface area contributed by atoms with Crippen molar-refractivity contribution >= 4 is 40.6 Å². The molecule has 12 nitrogen and oxygen atoms in total. The summed E-state index contributed by atoms with van der Waals surface area (Å²) in [6.07, 6.45) is 1.68. The van der Waals surface area contributed by atoms with Gasteiger partial charge in [0.1, 0.15) is 18.1 Å². The van der Waals surface area contributed by atoms with E-state index in [1.807, 2.05) is 31.2 Å². The van der Waals surface area contributed by atoms with Gasteiger partial charge in [-0.05, 0) is 30.9 Å². The molecule has 2 rings (SSSR count). The summed E-state index contributed by atoms with van der Waals surface area (Å²) in [7, 11) is 0. The average molecular weight is 518 g/mol. The number of H-pyrrole nitrogens is 1. The van der Waals surface area contributed by atoms with Crippen LogP contribution in [-0.4, -0.2) is 69.0 Å². The second kappa shape index (κ2) is 13.4. The summed E-state index contributed by atoms with van der Waals surface area (Å²) in [5, 5.41) is 26.6. The monoisotopic (exact) mass is 517 g/mol. The highest BCUT2D eigenvalue weighted by atomic mass is 16.4. The fourth-order valence-electron chi connectivity index (χ4n) is 3.69. The molecule has 12 heteroatoms. The highest BCUT2D eigenvalue weighted by Gasteiger charge is 2.31. The first kappa shape index (κ1) is 29.3. The van der Waals surface area contributed by atoms with Crippen LogP contribution in [0.15, 0.2) is 30.5 Å². The van der Waals surface area contributed by atoms with Crippen molar-refractivity contribution in [1.82, 2.24) is 20.9 Å². The molecule has 1 aromatic carbocycles. The van der Waals surface area contributed by atoms with E-state index >= 15 is 0 Å². The molecular formula is C25H35N5O7. The van der Waals surface area contributed by atoms with Crippen LogP contribution in [0, 0.1) is 5.92 Å². The van der Waals surface area contributed by atoms with E-state index in [-0.39, 0.29) is 18.8 Å². The molecular weight excluding hydrogens is 482 g/mol. The van der Waals surface area contributed by atoms with Crippen LogP contribution >= 0.6 is 0 Å². The number of hydrogen-bond acceptors (Lipinski definition) is 6. The molecule has 37 heavy (non-hydrogen) atoms. The lowest BCUT2D eigenvalue weighted by Crippen LogP contribution is -2.58. The van der Waals surface area contributed by atoms with Gasteiger partial charge in [0.2, 0.25) is 17.7 Å². The van der Waals surface area contributed by atoms with Gasteiger partial charge in [0.05, 0.1) is 6.04 Å². The van der Waals surface area contributed by atoms with Crippen LogP contribution in [0.4, 0.5) is 0 Å². The van der Waals surface area contributed by atoms with Gasteiger partial charge >= 0.3 is 11.9 Å². The first-order chi connectivity index (χ1) is 17.4. The Morgan fingerprint density at radius 1 is 0.946 bits per heavy atom. The van der Waals surface area contributed by atoms with Crippen LogP contribution < -0.4 is 21.7 Å². The highest BCUT2D eigenvalue weighted by molar-refractivity contribution is 5.95. The Morgan fingerprint density at radius 3 is 2.19 bits per heavy atom. The number of aromatic nitrogens is 1. The van der Waals surface area contributed by atoms with Gasteiger partial charge in [0.15, 0.2) is 0 Å². The molecule has 0 aliphatic rings. The van der Waals surface area contributed by atoms with Crippen molar-refractivity contribution in [3.8, 4) is 0 Å². The molecule has 0 radical (unpaired) electrons.